The molecule has 0 spiro atoms. The molecule has 0 fully saturated rings. The lowest BCUT2D eigenvalue weighted by Crippen LogP contribution is -2.24. The average molecular weight is 429 g/mol. The van der Waals surface area contributed by atoms with Crippen LogP contribution in [-0.4, -0.2) is 57.1 Å². The van der Waals surface area contributed by atoms with Crippen LogP contribution in [0.2, 0.25) is 0 Å². The number of esters is 2. The number of nitrogens with zero attached hydrogens (tertiary/aromatic N) is 3. The van der Waals surface area contributed by atoms with Crippen molar-refractivity contribution in [2.45, 2.75) is 0 Å². The Morgan fingerprint density at radius 3 is 2.55 bits per heavy atom. The second-order valence-electron chi connectivity index (χ2n) is 6.01. The second kappa shape index (κ2) is 10.4. The summed E-state index contributed by atoms with van der Waals surface area (Å²) in [6.45, 7) is 3.33. The molecule has 0 atom stereocenters. The standard InChI is InChI=1S/C19H23N7O5/c1-10(20)25-18-16(17(21)22)26-12(8-24-18)7-23-11-4-5-13(19(28)30-3)14(6-11)31-9-15(27)29-2/h4-6,8,23H,1,7,9,20-22H2,2-3H3/b25-18+. The first-order chi connectivity index (χ1) is 14.7. The summed E-state index contributed by atoms with van der Waals surface area (Å²) < 4.78 is 14.7. The number of amidine groups is 1. The van der Waals surface area contributed by atoms with Gasteiger partial charge < -0.3 is 36.7 Å². The number of hydrogen-bond acceptors (Lipinski definition) is 11. The number of benzene rings is 1. The van der Waals surface area contributed by atoms with Crippen LogP contribution in [0.4, 0.5) is 5.69 Å². The molecule has 0 saturated carbocycles. The number of methoxy groups -OCH3 is 2. The summed E-state index contributed by atoms with van der Waals surface area (Å²) in [4.78, 5) is 35.7. The lowest BCUT2D eigenvalue weighted by atomic mass is 10.1. The van der Waals surface area contributed by atoms with Gasteiger partial charge in [0.2, 0.25) is 0 Å². The molecule has 1 aliphatic rings. The zero-order chi connectivity index (χ0) is 23.0. The molecule has 0 bridgehead atoms. The van der Waals surface area contributed by atoms with Crippen molar-refractivity contribution >= 4 is 35.4 Å². The van der Waals surface area contributed by atoms with Crippen molar-refractivity contribution in [1.82, 2.24) is 0 Å². The van der Waals surface area contributed by atoms with Crippen LogP contribution in [0.1, 0.15) is 10.4 Å². The van der Waals surface area contributed by atoms with Gasteiger partial charge in [0.05, 0.1) is 32.7 Å². The molecule has 0 unspecified atom stereocenters. The van der Waals surface area contributed by atoms with E-state index >= 15 is 0 Å². The van der Waals surface area contributed by atoms with Gasteiger partial charge in [-0.15, -0.1) is 0 Å². The first kappa shape index (κ1) is 22.9. The van der Waals surface area contributed by atoms with Crippen molar-refractivity contribution in [1.29, 1.82) is 0 Å². The van der Waals surface area contributed by atoms with E-state index in [1.54, 1.807) is 6.07 Å². The van der Waals surface area contributed by atoms with Crippen LogP contribution < -0.4 is 27.3 Å². The Labute approximate surface area is 178 Å². The molecule has 31 heavy (non-hydrogen) atoms. The van der Waals surface area contributed by atoms with E-state index in [1.807, 2.05) is 0 Å². The minimum absolute atomic E-state index is 0.0351. The van der Waals surface area contributed by atoms with Gasteiger partial charge in [0, 0.05) is 11.8 Å². The summed E-state index contributed by atoms with van der Waals surface area (Å²) in [5.74, 6) is -0.959. The Morgan fingerprint density at radius 2 is 1.94 bits per heavy atom. The molecule has 1 aromatic rings. The smallest absolute Gasteiger partial charge is 0.343 e. The number of nitrogens with one attached hydrogen (secondary N) is 1. The minimum atomic E-state index is -0.614. The molecule has 0 amide bonds. The second-order valence-corrected chi connectivity index (χ2v) is 6.01. The highest BCUT2D eigenvalue weighted by atomic mass is 16.6. The molecule has 1 heterocycles. The van der Waals surface area contributed by atoms with Crippen LogP contribution >= 0.6 is 0 Å². The van der Waals surface area contributed by atoms with E-state index in [2.05, 4.69) is 31.6 Å². The molecule has 12 heteroatoms. The van der Waals surface area contributed by atoms with Crippen LogP contribution in [0.25, 0.3) is 0 Å². The quantitative estimate of drug-likeness (QED) is 0.408. The molecule has 0 saturated heterocycles. The number of hydrogen-bond donors (Lipinski definition) is 4. The number of ether oxygens (including phenoxy) is 3. The van der Waals surface area contributed by atoms with Gasteiger partial charge in [-0.1, -0.05) is 6.58 Å². The molecule has 0 aromatic heterocycles. The predicted octanol–water partition coefficient (Wildman–Crippen LogP) is -0.123. The van der Waals surface area contributed by atoms with Crippen molar-refractivity contribution < 1.29 is 23.8 Å². The Hall–Kier alpha value is -4.35. The molecule has 0 aliphatic carbocycles. The average Bonchev–Trinajstić information content (AvgIpc) is 2.75. The van der Waals surface area contributed by atoms with Crippen LogP contribution in [-0.2, 0) is 14.3 Å². The molecular weight excluding hydrogens is 406 g/mol. The highest BCUT2D eigenvalue weighted by Crippen LogP contribution is 2.24. The van der Waals surface area contributed by atoms with E-state index in [-0.39, 0.29) is 47.6 Å². The lowest BCUT2D eigenvalue weighted by Gasteiger charge is -2.14. The number of anilines is 1. The zero-order valence-corrected chi connectivity index (χ0v) is 17.0. The molecule has 0 radical (unpaired) electrons. The third kappa shape index (κ3) is 6.32. The highest BCUT2D eigenvalue weighted by Gasteiger charge is 2.17. The fourth-order valence-electron chi connectivity index (χ4n) is 2.33. The first-order valence-electron chi connectivity index (χ1n) is 8.81. The Morgan fingerprint density at radius 1 is 1.19 bits per heavy atom. The molecule has 2 rings (SSSR count). The summed E-state index contributed by atoms with van der Waals surface area (Å²) in [6.07, 6.45) is 1.47. The number of rotatable bonds is 8. The van der Waals surface area contributed by atoms with Gasteiger partial charge in [0.1, 0.15) is 28.7 Å². The zero-order valence-electron chi connectivity index (χ0n) is 17.0. The third-order valence-electron chi connectivity index (χ3n) is 3.76. The third-order valence-corrected chi connectivity index (χ3v) is 3.76. The number of aliphatic imine (C=N–C) groups is 3. The normalized spacial score (nSPS) is 13.9. The lowest BCUT2D eigenvalue weighted by molar-refractivity contribution is -0.142. The maximum absolute atomic E-state index is 11.9. The maximum Gasteiger partial charge on any atom is 0.343 e. The van der Waals surface area contributed by atoms with E-state index in [9.17, 15) is 9.59 Å². The molecule has 1 aromatic carbocycles. The van der Waals surface area contributed by atoms with E-state index in [0.717, 1.165) is 0 Å². The fraction of sp³-hybridized carbons (Fsp3) is 0.211. The summed E-state index contributed by atoms with van der Waals surface area (Å²) >= 11 is 0. The summed E-state index contributed by atoms with van der Waals surface area (Å²) in [5.41, 5.74) is 18.2. The predicted molar refractivity (Wildman–Crippen MR) is 116 cm³/mol. The summed E-state index contributed by atoms with van der Waals surface area (Å²) in [6, 6.07) is 4.67. The van der Waals surface area contributed by atoms with Crippen LogP contribution in [0.5, 0.6) is 5.75 Å². The summed E-state index contributed by atoms with van der Waals surface area (Å²) in [7, 11) is 2.47. The van der Waals surface area contributed by atoms with Crippen molar-refractivity contribution in [3.8, 4) is 5.75 Å². The largest absolute Gasteiger partial charge is 0.481 e. The SMILES string of the molecule is C=C(N)/N=C1/N=CC(CNc2ccc(C(=O)OC)c(OCC(=O)OC)c2)=NC1=C(N)N. The molecule has 1 aliphatic heterocycles. The van der Waals surface area contributed by atoms with Crippen molar-refractivity contribution in [3.05, 3.63) is 47.7 Å². The minimum Gasteiger partial charge on any atom is -0.481 e. The maximum atomic E-state index is 11.9. The van der Waals surface area contributed by atoms with Gasteiger partial charge in [0.25, 0.3) is 0 Å². The van der Waals surface area contributed by atoms with Crippen LogP contribution in [0, 0.1) is 0 Å². The number of carbonyl (C=O) groups excluding carboxylic acids is 2. The molecule has 7 N–H and O–H groups in total. The Kier molecular flexibility index (Phi) is 7.72. The Balaban J connectivity index is 2.20. The van der Waals surface area contributed by atoms with Gasteiger partial charge in [-0.2, -0.15) is 0 Å². The van der Waals surface area contributed by atoms with E-state index in [4.69, 9.17) is 26.7 Å². The van der Waals surface area contributed by atoms with Gasteiger partial charge in [-0.3, -0.25) is 0 Å². The van der Waals surface area contributed by atoms with Crippen molar-refractivity contribution in [2.24, 2.45) is 32.2 Å². The fourth-order valence-corrected chi connectivity index (χ4v) is 2.33. The number of carbonyl (C=O) groups is 2. The van der Waals surface area contributed by atoms with Crippen LogP contribution in [0.15, 0.2) is 57.1 Å². The Bertz CT molecular complexity index is 1010. The van der Waals surface area contributed by atoms with Crippen molar-refractivity contribution in [3.63, 3.8) is 0 Å². The van der Waals surface area contributed by atoms with E-state index < -0.39 is 11.9 Å². The summed E-state index contributed by atoms with van der Waals surface area (Å²) in [5, 5.41) is 3.10. The van der Waals surface area contributed by atoms with Crippen LogP contribution in [0.3, 0.4) is 0 Å². The van der Waals surface area contributed by atoms with Gasteiger partial charge in [-0.05, 0) is 12.1 Å². The van der Waals surface area contributed by atoms with Gasteiger partial charge in [0.15, 0.2) is 12.4 Å². The van der Waals surface area contributed by atoms with Gasteiger partial charge in [-0.25, -0.2) is 24.6 Å². The monoisotopic (exact) mass is 429 g/mol. The van der Waals surface area contributed by atoms with Gasteiger partial charge >= 0.3 is 11.9 Å². The highest BCUT2D eigenvalue weighted by molar-refractivity contribution is 6.37. The molecular formula is C19H23N7O5. The van der Waals surface area contributed by atoms with Crippen molar-refractivity contribution in [2.75, 3.05) is 32.7 Å². The molecule has 12 nitrogen and oxygen atoms in total. The van der Waals surface area contributed by atoms with E-state index in [1.165, 1.54) is 32.6 Å². The molecule has 164 valence electrons. The number of nitrogens with two attached hydrogens (primary N) is 3. The van der Waals surface area contributed by atoms with E-state index in [0.29, 0.717) is 11.4 Å². The first-order valence-corrected chi connectivity index (χ1v) is 8.81. The topological polar surface area (TPSA) is 189 Å².